The van der Waals surface area contributed by atoms with E-state index < -0.39 is 5.41 Å². The lowest BCUT2D eigenvalue weighted by atomic mass is 9.61. The molecule has 0 radical (unpaired) electrons. The first-order valence-corrected chi connectivity index (χ1v) is 24.2. The Bertz CT molecular complexity index is 1620. The van der Waals surface area contributed by atoms with Gasteiger partial charge in [-0.25, -0.2) is 0 Å². The summed E-state index contributed by atoms with van der Waals surface area (Å²) in [7, 11) is 6.81. The van der Waals surface area contributed by atoms with Crippen molar-refractivity contribution in [3.63, 3.8) is 0 Å². The monoisotopic (exact) mass is 844 g/mol. The van der Waals surface area contributed by atoms with Crippen LogP contribution in [0.4, 0.5) is 0 Å². The predicted molar refractivity (Wildman–Crippen MR) is 264 cm³/mol. The van der Waals surface area contributed by atoms with E-state index in [1.54, 1.807) is 0 Å². The van der Waals surface area contributed by atoms with Crippen LogP contribution in [-0.2, 0) is 26.8 Å². The third kappa shape index (κ3) is 11.5. The third-order valence-corrected chi connectivity index (χ3v) is 17.0. The predicted octanol–water partition coefficient (Wildman–Crippen LogP) is 13.7. The van der Waals surface area contributed by atoms with Crippen molar-refractivity contribution in [2.45, 2.75) is 246 Å². The number of allylic oxidation sites excluding steroid dienone is 2. The Labute approximate surface area is 378 Å². The van der Waals surface area contributed by atoms with Gasteiger partial charge in [-0.15, -0.1) is 0 Å². The van der Waals surface area contributed by atoms with Crippen LogP contribution in [0.1, 0.15) is 206 Å². The smallest absolute Gasteiger partial charge is 0.143 e. The summed E-state index contributed by atoms with van der Waals surface area (Å²) in [5.41, 5.74) is 4.20. The zero-order valence-electron chi connectivity index (χ0n) is 44.2. The first kappa shape index (κ1) is 51.7. The number of piperidine rings is 3. The molecule has 3 aliphatic rings. The van der Waals surface area contributed by atoms with E-state index in [9.17, 15) is 0 Å². The van der Waals surface area contributed by atoms with Crippen LogP contribution < -0.4 is 0 Å². The van der Waals surface area contributed by atoms with Crippen molar-refractivity contribution in [1.29, 1.82) is 0 Å². The highest BCUT2D eigenvalue weighted by atomic mass is 16.5. The Hall–Kier alpha value is -1.95. The van der Waals surface area contributed by atoms with Gasteiger partial charge in [-0.05, 0) is 189 Å². The number of likely N-dealkylation sites (tertiary alicyclic amines) is 3. The summed E-state index contributed by atoms with van der Waals surface area (Å²) in [6.07, 6.45) is 8.79. The van der Waals surface area contributed by atoms with Crippen molar-refractivity contribution >= 4 is 5.78 Å². The number of nitrogens with zero attached hydrogens (tertiary/aromatic N) is 3. The number of carbonyl (C=O) groups is 1. The van der Waals surface area contributed by atoms with Gasteiger partial charge in [0.05, 0.1) is 11.2 Å². The molecular formula is C56H97N3O2. The fourth-order valence-electron chi connectivity index (χ4n) is 12.5. The van der Waals surface area contributed by atoms with Gasteiger partial charge in [0, 0.05) is 58.4 Å². The summed E-state index contributed by atoms with van der Waals surface area (Å²) in [5.74, 6) is 1.84. The van der Waals surface area contributed by atoms with Crippen molar-refractivity contribution in [1.82, 2.24) is 14.7 Å². The Balaban J connectivity index is 1.90. The minimum Gasteiger partial charge on any atom is -0.495 e. The molecule has 0 bridgehead atoms. The number of ether oxygens (including phenoxy) is 1. The molecule has 3 aliphatic heterocycles. The van der Waals surface area contributed by atoms with Gasteiger partial charge in [0.1, 0.15) is 11.9 Å². The second-order valence-electron chi connectivity index (χ2n) is 26.9. The van der Waals surface area contributed by atoms with E-state index in [2.05, 4.69) is 186 Å². The third-order valence-electron chi connectivity index (χ3n) is 17.0. The molecule has 0 saturated carbocycles. The van der Waals surface area contributed by atoms with Crippen LogP contribution in [-0.4, -0.2) is 81.0 Å². The van der Waals surface area contributed by atoms with Crippen LogP contribution in [0.25, 0.3) is 0 Å². The van der Waals surface area contributed by atoms with Gasteiger partial charge in [-0.3, -0.25) is 19.5 Å². The maximum Gasteiger partial charge on any atom is 0.143 e. The van der Waals surface area contributed by atoms with E-state index in [0.29, 0.717) is 31.0 Å². The lowest BCUT2D eigenvalue weighted by Crippen LogP contribution is -2.60. The normalized spacial score (nSPS) is 25.4. The molecule has 3 heterocycles. The van der Waals surface area contributed by atoms with Gasteiger partial charge < -0.3 is 4.74 Å². The largest absolute Gasteiger partial charge is 0.495 e. The van der Waals surface area contributed by atoms with Crippen LogP contribution in [0.5, 0.6) is 0 Å². The van der Waals surface area contributed by atoms with E-state index in [0.717, 1.165) is 56.3 Å². The molecule has 0 aromatic heterocycles. The van der Waals surface area contributed by atoms with Crippen molar-refractivity contribution < 1.29 is 9.53 Å². The average molecular weight is 844 g/mol. The lowest BCUT2D eigenvalue weighted by Gasteiger charge is -2.55. The summed E-state index contributed by atoms with van der Waals surface area (Å²) in [5, 5.41) is 0. The van der Waals surface area contributed by atoms with Crippen molar-refractivity contribution in [3.8, 4) is 0 Å². The maximum atomic E-state index is 16.2. The molecule has 5 nitrogen and oxygen atoms in total. The highest BCUT2D eigenvalue weighted by Crippen LogP contribution is 2.51. The molecule has 0 amide bonds. The highest BCUT2D eigenvalue weighted by molar-refractivity contribution is 5.88. The van der Waals surface area contributed by atoms with Gasteiger partial charge in [-0.2, -0.15) is 0 Å². The van der Waals surface area contributed by atoms with Gasteiger partial charge in [0.2, 0.25) is 0 Å². The molecule has 4 rings (SSSR count). The first-order chi connectivity index (χ1) is 27.3. The fraction of sp³-hybridized carbons (Fsp3) is 0.804. The molecule has 0 spiro atoms. The van der Waals surface area contributed by atoms with Gasteiger partial charge in [0.15, 0.2) is 0 Å². The molecule has 2 unspecified atom stereocenters. The molecule has 348 valence electrons. The Morgan fingerprint density at radius 2 is 0.967 bits per heavy atom. The molecule has 61 heavy (non-hydrogen) atoms. The molecule has 5 heteroatoms. The van der Waals surface area contributed by atoms with E-state index in [-0.39, 0.29) is 62.0 Å². The first-order valence-electron chi connectivity index (χ1n) is 24.2. The summed E-state index contributed by atoms with van der Waals surface area (Å²) in [6, 6.07) is 7.26. The van der Waals surface area contributed by atoms with E-state index >= 15 is 4.79 Å². The molecule has 2 atom stereocenters. The number of carbonyl (C=O) groups excluding carboxylic acids is 1. The van der Waals surface area contributed by atoms with Crippen molar-refractivity contribution in [3.05, 3.63) is 59.4 Å². The van der Waals surface area contributed by atoms with Gasteiger partial charge in [-0.1, -0.05) is 85.4 Å². The van der Waals surface area contributed by atoms with Crippen LogP contribution in [0.15, 0.2) is 42.7 Å². The molecule has 3 fully saturated rings. The molecule has 0 aliphatic carbocycles. The number of rotatable bonds is 13. The molecular weight excluding hydrogens is 747 g/mol. The Kier molecular flexibility index (Phi) is 14.5. The molecule has 1 aromatic carbocycles. The van der Waals surface area contributed by atoms with E-state index in [4.69, 9.17) is 17.9 Å². The number of Topliss-reactive ketones (excluding diaryl/α,β-unsaturated/α-hetero) is 1. The summed E-state index contributed by atoms with van der Waals surface area (Å²) >= 11 is 0. The second-order valence-corrected chi connectivity index (χ2v) is 26.9. The highest BCUT2D eigenvalue weighted by Gasteiger charge is 2.50. The van der Waals surface area contributed by atoms with Crippen molar-refractivity contribution in [2.24, 2.45) is 23.2 Å². The van der Waals surface area contributed by atoms with Crippen molar-refractivity contribution in [2.75, 3.05) is 21.1 Å². The average Bonchev–Trinajstić information content (AvgIpc) is 3.06. The summed E-state index contributed by atoms with van der Waals surface area (Å²) in [4.78, 5) is 23.8. The minimum atomic E-state index is -0.794. The quantitative estimate of drug-likeness (QED) is 0.146. The minimum absolute atomic E-state index is 0.00197. The number of hydrogen-bond donors (Lipinski definition) is 0. The SMILES string of the molecule is C=C(OC1CC(C)(C)N(C)C(C)(C)C1)C(C)CC(Cc1cc(C(C)(C)C)cc(C(C)(C)C)c1)(C(=C)CC1CC(C)(C)N(C)C(C)(C)C1)C(=O)CC1CC(C)(C)N(C)C(C)(C)C1. The van der Waals surface area contributed by atoms with Crippen LogP contribution >= 0.6 is 0 Å². The standard InChI is InChI=1S/C56H97N3O2/c1-38(40(3)61-46-36-54(18,19)59(24)55(20,21)37-46)30-56(39(2)25-42-31-50(10,11)57(22)51(12,13)32-42,47(60)28-43-33-52(14,15)58(23)53(16,17)34-43)35-41-26-44(48(4,5)6)29-45(27-41)49(7,8)9/h26-27,29,38,42-43,46H,2-3,25,28,30-37H2,1,4-24H3. The number of ketones is 1. The van der Waals surface area contributed by atoms with Crippen LogP contribution in [0.3, 0.4) is 0 Å². The zero-order valence-corrected chi connectivity index (χ0v) is 44.2. The summed E-state index contributed by atoms with van der Waals surface area (Å²) in [6.45, 7) is 54.4. The number of benzene rings is 1. The second kappa shape index (κ2) is 17.1. The van der Waals surface area contributed by atoms with Crippen LogP contribution in [0, 0.1) is 23.2 Å². The Morgan fingerprint density at radius 1 is 0.623 bits per heavy atom. The summed E-state index contributed by atoms with van der Waals surface area (Å²) < 4.78 is 7.02. The lowest BCUT2D eigenvalue weighted by molar-refractivity contribution is -0.131. The number of hydrogen-bond acceptors (Lipinski definition) is 5. The topological polar surface area (TPSA) is 36.0 Å². The maximum absolute atomic E-state index is 16.2. The Morgan fingerprint density at radius 3 is 1.33 bits per heavy atom. The molecule has 1 aromatic rings. The molecule has 0 N–H and O–H groups in total. The zero-order chi connectivity index (χ0) is 46.9. The molecule has 3 saturated heterocycles. The van der Waals surface area contributed by atoms with Gasteiger partial charge in [0.25, 0.3) is 0 Å². The van der Waals surface area contributed by atoms with E-state index in [1.165, 1.54) is 16.7 Å². The van der Waals surface area contributed by atoms with Crippen LogP contribution in [0.2, 0.25) is 0 Å². The fourth-order valence-corrected chi connectivity index (χ4v) is 12.5. The van der Waals surface area contributed by atoms with E-state index in [1.807, 2.05) is 0 Å². The van der Waals surface area contributed by atoms with Gasteiger partial charge >= 0.3 is 0 Å².